The molecule has 2 atom stereocenters. The quantitative estimate of drug-likeness (QED) is 0.786. The largest absolute Gasteiger partial charge is 0.388 e. The van der Waals surface area contributed by atoms with Gasteiger partial charge in [-0.25, -0.2) is 4.39 Å². The standard InChI is InChI=1S/C17H21FN2O3/c1-10-7-15(17(23)16(22)9-19-12(3)21)11(2)20(10)14-6-4-5-13(18)8-14/h4-8,16-17,22-23H,9H2,1-3H3,(H,19,21). The zero-order chi connectivity index (χ0) is 17.1. The molecule has 0 fully saturated rings. The number of halogens is 1. The maximum atomic E-state index is 13.4. The number of hydrogen-bond acceptors (Lipinski definition) is 3. The predicted octanol–water partition coefficient (Wildman–Crippen LogP) is 1.76. The van der Waals surface area contributed by atoms with Gasteiger partial charge in [0.1, 0.15) is 18.0 Å². The number of nitrogens with zero attached hydrogens (tertiary/aromatic N) is 1. The number of carbonyl (C=O) groups excluding carboxylic acids is 1. The Labute approximate surface area is 134 Å². The Morgan fingerprint density at radius 2 is 2.00 bits per heavy atom. The summed E-state index contributed by atoms with van der Waals surface area (Å²) in [6.07, 6.45) is -2.27. The highest BCUT2D eigenvalue weighted by Crippen LogP contribution is 2.27. The van der Waals surface area contributed by atoms with Crippen molar-refractivity contribution in [2.45, 2.75) is 33.0 Å². The Hall–Kier alpha value is -2.18. The number of benzene rings is 1. The molecule has 0 radical (unpaired) electrons. The number of aromatic nitrogens is 1. The molecule has 1 heterocycles. The molecule has 0 aliphatic rings. The lowest BCUT2D eigenvalue weighted by molar-refractivity contribution is -0.119. The van der Waals surface area contributed by atoms with Crippen LogP contribution in [0.3, 0.4) is 0 Å². The van der Waals surface area contributed by atoms with Crippen LogP contribution in [0.15, 0.2) is 30.3 Å². The van der Waals surface area contributed by atoms with Crippen LogP contribution < -0.4 is 5.32 Å². The highest BCUT2D eigenvalue weighted by atomic mass is 19.1. The molecular weight excluding hydrogens is 299 g/mol. The first-order chi connectivity index (χ1) is 10.8. The zero-order valence-corrected chi connectivity index (χ0v) is 13.4. The van der Waals surface area contributed by atoms with Crippen LogP contribution in [0.25, 0.3) is 5.69 Å². The summed E-state index contributed by atoms with van der Waals surface area (Å²) in [5.41, 5.74) is 2.72. The molecule has 3 N–H and O–H groups in total. The maximum absolute atomic E-state index is 13.4. The van der Waals surface area contributed by atoms with E-state index in [1.807, 2.05) is 11.5 Å². The Morgan fingerprint density at radius 1 is 1.30 bits per heavy atom. The van der Waals surface area contributed by atoms with Gasteiger partial charge in [0.05, 0.1) is 0 Å². The summed E-state index contributed by atoms with van der Waals surface area (Å²) < 4.78 is 15.3. The van der Waals surface area contributed by atoms with Gasteiger partial charge in [0, 0.05) is 36.1 Å². The summed E-state index contributed by atoms with van der Waals surface area (Å²) in [6, 6.07) is 7.91. The van der Waals surface area contributed by atoms with E-state index in [1.54, 1.807) is 25.1 Å². The van der Waals surface area contributed by atoms with Gasteiger partial charge < -0.3 is 20.1 Å². The van der Waals surface area contributed by atoms with E-state index in [4.69, 9.17) is 0 Å². The van der Waals surface area contributed by atoms with Crippen molar-refractivity contribution >= 4 is 5.91 Å². The molecule has 124 valence electrons. The van der Waals surface area contributed by atoms with Gasteiger partial charge in [0.25, 0.3) is 0 Å². The van der Waals surface area contributed by atoms with Gasteiger partial charge in [-0.1, -0.05) is 6.07 Å². The zero-order valence-electron chi connectivity index (χ0n) is 13.4. The van der Waals surface area contributed by atoms with Crippen molar-refractivity contribution < 1.29 is 19.4 Å². The fourth-order valence-electron chi connectivity index (χ4n) is 2.67. The molecule has 1 aromatic heterocycles. The second kappa shape index (κ2) is 6.93. The molecule has 2 unspecified atom stereocenters. The fraction of sp³-hybridized carbons (Fsp3) is 0.353. The van der Waals surface area contributed by atoms with E-state index in [1.165, 1.54) is 19.1 Å². The second-order valence-corrected chi connectivity index (χ2v) is 5.59. The first-order valence-corrected chi connectivity index (χ1v) is 7.36. The number of nitrogens with one attached hydrogen (secondary N) is 1. The number of aliphatic hydroxyl groups excluding tert-OH is 2. The van der Waals surface area contributed by atoms with Gasteiger partial charge in [0.15, 0.2) is 0 Å². The van der Waals surface area contributed by atoms with E-state index in [2.05, 4.69) is 5.32 Å². The van der Waals surface area contributed by atoms with Crippen molar-refractivity contribution in [1.82, 2.24) is 9.88 Å². The van der Waals surface area contributed by atoms with Crippen molar-refractivity contribution in [3.8, 4) is 5.69 Å². The van der Waals surface area contributed by atoms with Gasteiger partial charge >= 0.3 is 0 Å². The molecule has 6 heteroatoms. The molecule has 0 aliphatic heterocycles. The van der Waals surface area contributed by atoms with Crippen LogP contribution >= 0.6 is 0 Å². The molecular formula is C17H21FN2O3. The van der Waals surface area contributed by atoms with Crippen LogP contribution in [-0.2, 0) is 4.79 Å². The SMILES string of the molecule is CC(=O)NCC(O)C(O)c1cc(C)n(-c2cccc(F)c2)c1C. The maximum Gasteiger partial charge on any atom is 0.216 e. The van der Waals surface area contributed by atoms with Gasteiger partial charge in [-0.3, -0.25) is 4.79 Å². The third-order valence-electron chi connectivity index (χ3n) is 3.78. The van der Waals surface area contributed by atoms with Gasteiger partial charge in [-0.05, 0) is 38.1 Å². The smallest absolute Gasteiger partial charge is 0.216 e. The number of rotatable bonds is 5. The number of amides is 1. The van der Waals surface area contributed by atoms with E-state index < -0.39 is 12.2 Å². The number of hydrogen-bond donors (Lipinski definition) is 3. The third-order valence-corrected chi connectivity index (χ3v) is 3.78. The first kappa shape index (κ1) is 17.2. The minimum Gasteiger partial charge on any atom is -0.388 e. The summed E-state index contributed by atoms with van der Waals surface area (Å²) in [7, 11) is 0. The highest BCUT2D eigenvalue weighted by Gasteiger charge is 2.23. The summed E-state index contributed by atoms with van der Waals surface area (Å²) in [5.74, 6) is -0.621. The third kappa shape index (κ3) is 3.78. The van der Waals surface area contributed by atoms with Crippen LogP contribution in [0.1, 0.15) is 30.0 Å². The van der Waals surface area contributed by atoms with Crippen molar-refractivity contribution in [2.24, 2.45) is 0 Å². The van der Waals surface area contributed by atoms with Crippen LogP contribution in [0, 0.1) is 19.7 Å². The molecule has 0 saturated carbocycles. The summed E-state index contributed by atoms with van der Waals surface area (Å²) >= 11 is 0. The number of aryl methyl sites for hydroxylation is 1. The molecule has 2 rings (SSSR count). The predicted molar refractivity (Wildman–Crippen MR) is 84.9 cm³/mol. The van der Waals surface area contributed by atoms with E-state index in [0.29, 0.717) is 16.9 Å². The van der Waals surface area contributed by atoms with Crippen molar-refractivity contribution in [3.05, 3.63) is 53.1 Å². The molecule has 1 aromatic carbocycles. The Kier molecular flexibility index (Phi) is 5.18. The summed E-state index contributed by atoms with van der Waals surface area (Å²) in [5, 5.41) is 22.8. The van der Waals surface area contributed by atoms with E-state index in [0.717, 1.165) is 5.69 Å². The monoisotopic (exact) mass is 320 g/mol. The molecule has 5 nitrogen and oxygen atoms in total. The minimum absolute atomic E-state index is 0.0415. The molecule has 2 aromatic rings. The fourth-order valence-corrected chi connectivity index (χ4v) is 2.67. The minimum atomic E-state index is -1.14. The first-order valence-electron chi connectivity index (χ1n) is 7.36. The molecule has 1 amide bonds. The average molecular weight is 320 g/mol. The molecule has 0 saturated heterocycles. The van der Waals surface area contributed by atoms with Crippen molar-refractivity contribution in [1.29, 1.82) is 0 Å². The molecule has 0 bridgehead atoms. The van der Waals surface area contributed by atoms with E-state index in [-0.39, 0.29) is 18.3 Å². The lowest BCUT2D eigenvalue weighted by atomic mass is 10.0. The van der Waals surface area contributed by atoms with Crippen LogP contribution in [0.4, 0.5) is 4.39 Å². The van der Waals surface area contributed by atoms with Gasteiger partial charge in [-0.2, -0.15) is 0 Å². The van der Waals surface area contributed by atoms with Crippen molar-refractivity contribution in [3.63, 3.8) is 0 Å². The molecule has 0 spiro atoms. The highest BCUT2D eigenvalue weighted by molar-refractivity contribution is 5.72. The van der Waals surface area contributed by atoms with Gasteiger partial charge in [0.2, 0.25) is 5.91 Å². The van der Waals surface area contributed by atoms with E-state index >= 15 is 0 Å². The van der Waals surface area contributed by atoms with E-state index in [9.17, 15) is 19.4 Å². The summed E-state index contributed by atoms with van der Waals surface area (Å²) in [6.45, 7) is 4.94. The lowest BCUT2D eigenvalue weighted by Crippen LogP contribution is -2.34. The lowest BCUT2D eigenvalue weighted by Gasteiger charge is -2.18. The Morgan fingerprint density at radius 3 is 2.61 bits per heavy atom. The second-order valence-electron chi connectivity index (χ2n) is 5.59. The molecule has 0 aliphatic carbocycles. The normalized spacial score (nSPS) is 13.7. The van der Waals surface area contributed by atoms with Crippen LogP contribution in [0.5, 0.6) is 0 Å². The molecule has 23 heavy (non-hydrogen) atoms. The average Bonchev–Trinajstić information content (AvgIpc) is 2.78. The number of aliphatic hydroxyl groups is 2. The van der Waals surface area contributed by atoms with Gasteiger partial charge in [-0.15, -0.1) is 0 Å². The van der Waals surface area contributed by atoms with Crippen molar-refractivity contribution in [2.75, 3.05) is 6.54 Å². The van der Waals surface area contributed by atoms with Crippen LogP contribution in [0.2, 0.25) is 0 Å². The summed E-state index contributed by atoms with van der Waals surface area (Å²) in [4.78, 5) is 10.9. The topological polar surface area (TPSA) is 74.5 Å². The number of carbonyl (C=O) groups is 1. The Balaban J connectivity index is 2.32. The van der Waals surface area contributed by atoms with Crippen LogP contribution in [-0.4, -0.2) is 33.3 Å². The Bertz CT molecular complexity index is 712.